The third kappa shape index (κ3) is 7.41. The number of hydrogen-bond acceptors (Lipinski definition) is 5. The van der Waals surface area contributed by atoms with Crippen molar-refractivity contribution in [1.29, 1.82) is 0 Å². The summed E-state index contributed by atoms with van der Waals surface area (Å²) in [5, 5.41) is 16.7. The summed E-state index contributed by atoms with van der Waals surface area (Å²) in [7, 11) is 0. The van der Waals surface area contributed by atoms with Crippen molar-refractivity contribution in [2.75, 3.05) is 0 Å². The van der Waals surface area contributed by atoms with Crippen molar-refractivity contribution in [1.82, 2.24) is 20.2 Å². The second kappa shape index (κ2) is 13.4. The van der Waals surface area contributed by atoms with Crippen LogP contribution in [0.4, 0.5) is 4.39 Å². The lowest BCUT2D eigenvalue weighted by molar-refractivity contribution is -0.136. The standard InChI is InChI=1S/C21H11Cl3FN3O.C7H5Cl2NO2/c22-12-7-5-11(6-8-12)17-18(20-15(24)9-13(23)10-26-20)21(29)28-27-19(17)14-3-1-2-4-16(14)25;8-4-1-5(9)6(10-3-4)2-7(11)12/h1-10H,(H,28,29);1,3H,2H2,(H,11,12). The van der Waals surface area contributed by atoms with Gasteiger partial charge in [-0.05, 0) is 42.0 Å². The van der Waals surface area contributed by atoms with Gasteiger partial charge in [0.1, 0.15) is 11.5 Å². The maximum absolute atomic E-state index is 14.6. The number of benzene rings is 2. The number of nitrogens with zero attached hydrogens (tertiary/aromatic N) is 3. The molecule has 0 atom stereocenters. The first-order valence-electron chi connectivity index (χ1n) is 11.5. The Morgan fingerprint density at radius 2 is 1.44 bits per heavy atom. The SMILES string of the molecule is O=C(O)Cc1ncc(Cl)cc1Cl.O=c1[nH]nc(-c2ccccc2F)c(-c2ccc(Cl)cc2)c1-c1ncc(Cl)cc1Cl. The van der Waals surface area contributed by atoms with Gasteiger partial charge in [-0.2, -0.15) is 5.10 Å². The summed E-state index contributed by atoms with van der Waals surface area (Å²) in [5.74, 6) is -1.45. The zero-order valence-corrected chi connectivity index (χ0v) is 24.3. The fourth-order valence-electron chi connectivity index (χ4n) is 3.74. The van der Waals surface area contributed by atoms with Gasteiger partial charge in [0.05, 0.1) is 43.5 Å². The fraction of sp³-hybridized carbons (Fsp3) is 0.0357. The molecule has 0 unspecified atom stereocenters. The lowest BCUT2D eigenvalue weighted by Gasteiger charge is -2.15. The van der Waals surface area contributed by atoms with Gasteiger partial charge >= 0.3 is 5.97 Å². The third-order valence-electron chi connectivity index (χ3n) is 5.49. The van der Waals surface area contributed by atoms with Gasteiger partial charge in [-0.3, -0.25) is 19.6 Å². The summed E-state index contributed by atoms with van der Waals surface area (Å²) >= 11 is 29.5. The summed E-state index contributed by atoms with van der Waals surface area (Å²) in [6.07, 6.45) is 2.57. The molecule has 13 heteroatoms. The first-order valence-corrected chi connectivity index (χ1v) is 13.4. The number of nitrogens with one attached hydrogen (secondary N) is 1. The van der Waals surface area contributed by atoms with Crippen molar-refractivity contribution in [3.63, 3.8) is 0 Å². The molecule has 0 saturated heterocycles. The fourth-order valence-corrected chi connectivity index (χ4v) is 4.78. The molecule has 0 aliphatic carbocycles. The molecule has 0 bridgehead atoms. The number of carbonyl (C=O) groups is 1. The van der Waals surface area contributed by atoms with E-state index in [9.17, 15) is 14.0 Å². The van der Waals surface area contributed by atoms with E-state index < -0.39 is 17.3 Å². The molecule has 3 aromatic heterocycles. The zero-order chi connectivity index (χ0) is 29.7. The van der Waals surface area contributed by atoms with Crippen LogP contribution in [0.1, 0.15) is 5.69 Å². The Labute approximate surface area is 257 Å². The molecule has 0 amide bonds. The van der Waals surface area contributed by atoms with E-state index in [2.05, 4.69) is 20.2 Å². The van der Waals surface area contributed by atoms with Gasteiger partial charge in [-0.15, -0.1) is 0 Å². The lowest BCUT2D eigenvalue weighted by atomic mass is 9.93. The van der Waals surface area contributed by atoms with E-state index in [4.69, 9.17) is 63.1 Å². The Balaban J connectivity index is 0.000000271. The van der Waals surface area contributed by atoms with Crippen LogP contribution in [0.25, 0.3) is 33.6 Å². The number of aromatic nitrogens is 4. The maximum Gasteiger partial charge on any atom is 0.309 e. The van der Waals surface area contributed by atoms with Crippen molar-refractivity contribution in [2.45, 2.75) is 6.42 Å². The molecule has 0 spiro atoms. The predicted octanol–water partition coefficient (Wildman–Crippen LogP) is 8.28. The number of halogens is 6. The number of carboxylic acid groups (broad SMARTS) is 1. The molecule has 5 rings (SSSR count). The van der Waals surface area contributed by atoms with Gasteiger partial charge in [-0.25, -0.2) is 9.49 Å². The molecule has 0 aliphatic rings. The molecule has 2 aromatic carbocycles. The van der Waals surface area contributed by atoms with Gasteiger partial charge < -0.3 is 5.11 Å². The predicted molar refractivity (Wildman–Crippen MR) is 160 cm³/mol. The largest absolute Gasteiger partial charge is 0.481 e. The summed E-state index contributed by atoms with van der Waals surface area (Å²) in [6.45, 7) is 0. The van der Waals surface area contributed by atoms with E-state index in [-0.39, 0.29) is 39.0 Å². The quantitative estimate of drug-likeness (QED) is 0.198. The summed E-state index contributed by atoms with van der Waals surface area (Å²) in [5.41, 5.74) is 1.62. The normalized spacial score (nSPS) is 10.6. The molecular formula is C28H16Cl5FN4O3. The number of aromatic amines is 1. The molecule has 0 aliphatic heterocycles. The number of aliphatic carboxylic acids is 1. The van der Waals surface area contributed by atoms with Crippen LogP contribution in [0, 0.1) is 5.82 Å². The molecule has 208 valence electrons. The topological polar surface area (TPSA) is 109 Å². The number of pyridine rings is 2. The highest BCUT2D eigenvalue weighted by atomic mass is 35.5. The Bertz CT molecular complexity index is 1800. The molecule has 3 heterocycles. The first-order chi connectivity index (χ1) is 19.5. The van der Waals surface area contributed by atoms with Crippen LogP contribution in [0.2, 0.25) is 25.1 Å². The van der Waals surface area contributed by atoms with Gasteiger partial charge in [0, 0.05) is 28.5 Å². The van der Waals surface area contributed by atoms with Crippen LogP contribution < -0.4 is 5.56 Å². The van der Waals surface area contributed by atoms with E-state index in [0.29, 0.717) is 31.9 Å². The molecule has 7 nitrogen and oxygen atoms in total. The highest BCUT2D eigenvalue weighted by Crippen LogP contribution is 2.39. The molecule has 2 N–H and O–H groups in total. The van der Waals surface area contributed by atoms with Crippen molar-refractivity contribution < 1.29 is 14.3 Å². The highest BCUT2D eigenvalue weighted by Gasteiger charge is 2.23. The summed E-state index contributed by atoms with van der Waals surface area (Å²) in [6, 6.07) is 15.9. The van der Waals surface area contributed by atoms with E-state index in [1.165, 1.54) is 30.6 Å². The molecular weight excluding hydrogens is 637 g/mol. The zero-order valence-electron chi connectivity index (χ0n) is 20.5. The summed E-state index contributed by atoms with van der Waals surface area (Å²) < 4.78 is 14.6. The number of hydrogen-bond donors (Lipinski definition) is 2. The first kappa shape index (κ1) is 30.4. The number of H-pyrrole nitrogens is 1. The Morgan fingerprint density at radius 1 is 0.805 bits per heavy atom. The van der Waals surface area contributed by atoms with Crippen molar-refractivity contribution in [3.8, 4) is 33.6 Å². The molecule has 0 radical (unpaired) electrons. The van der Waals surface area contributed by atoms with Crippen LogP contribution in [0.3, 0.4) is 0 Å². The van der Waals surface area contributed by atoms with Gasteiger partial charge in [0.25, 0.3) is 5.56 Å². The van der Waals surface area contributed by atoms with Crippen molar-refractivity contribution in [2.24, 2.45) is 0 Å². The van der Waals surface area contributed by atoms with Gasteiger partial charge in [-0.1, -0.05) is 82.3 Å². The number of carboxylic acids is 1. The average Bonchev–Trinajstić information content (AvgIpc) is 2.92. The van der Waals surface area contributed by atoms with Gasteiger partial charge in [0.15, 0.2) is 0 Å². The second-order valence-corrected chi connectivity index (χ2v) is 10.4. The average molecular weight is 653 g/mol. The van der Waals surface area contributed by atoms with Crippen LogP contribution in [0.5, 0.6) is 0 Å². The Morgan fingerprint density at radius 3 is 2.05 bits per heavy atom. The van der Waals surface area contributed by atoms with Crippen molar-refractivity contribution in [3.05, 3.63) is 120 Å². The van der Waals surface area contributed by atoms with Gasteiger partial charge in [0.2, 0.25) is 0 Å². The van der Waals surface area contributed by atoms with E-state index in [0.717, 1.165) is 0 Å². The van der Waals surface area contributed by atoms with E-state index in [1.807, 2.05) is 0 Å². The highest BCUT2D eigenvalue weighted by molar-refractivity contribution is 6.36. The third-order valence-corrected chi connectivity index (χ3v) is 6.77. The van der Waals surface area contributed by atoms with Crippen LogP contribution in [0.15, 0.2) is 77.9 Å². The number of rotatable bonds is 5. The smallest absolute Gasteiger partial charge is 0.309 e. The maximum atomic E-state index is 14.6. The van der Waals surface area contributed by atoms with E-state index in [1.54, 1.807) is 42.5 Å². The minimum atomic E-state index is -0.966. The summed E-state index contributed by atoms with van der Waals surface area (Å²) in [4.78, 5) is 31.1. The second-order valence-electron chi connectivity index (χ2n) is 8.27. The molecule has 0 saturated carbocycles. The Kier molecular flexibility index (Phi) is 9.96. The minimum Gasteiger partial charge on any atom is -0.481 e. The van der Waals surface area contributed by atoms with Crippen LogP contribution in [-0.2, 0) is 11.2 Å². The molecule has 0 fully saturated rings. The van der Waals surface area contributed by atoms with E-state index >= 15 is 0 Å². The van der Waals surface area contributed by atoms with Crippen LogP contribution in [-0.4, -0.2) is 31.2 Å². The van der Waals surface area contributed by atoms with Crippen molar-refractivity contribution >= 4 is 64.0 Å². The minimum absolute atomic E-state index is 0.155. The van der Waals surface area contributed by atoms with Crippen LogP contribution >= 0.6 is 58.0 Å². The molecule has 5 aromatic rings. The lowest BCUT2D eigenvalue weighted by Crippen LogP contribution is -2.15. The monoisotopic (exact) mass is 650 g/mol. The Hall–Kier alpha value is -3.53. The molecule has 41 heavy (non-hydrogen) atoms.